The van der Waals surface area contributed by atoms with Gasteiger partial charge in [0.25, 0.3) is 0 Å². The average Bonchev–Trinajstić information content (AvgIpc) is 2.98. The molecule has 2 rings (SSSR count). The first-order valence-corrected chi connectivity index (χ1v) is 8.02. The number of nitrogens with zero attached hydrogens (tertiary/aromatic N) is 1. The van der Waals surface area contributed by atoms with E-state index in [4.69, 9.17) is 5.73 Å². The monoisotopic (exact) mass is 366 g/mol. The number of nitrogens with two attached hydrogens (primary N) is 1. The Morgan fingerprint density at radius 2 is 2.32 bits per heavy atom. The van der Waals surface area contributed by atoms with Gasteiger partial charge in [-0.1, -0.05) is 0 Å². The molecule has 1 amide bonds. The van der Waals surface area contributed by atoms with Crippen molar-refractivity contribution in [2.75, 3.05) is 19.6 Å². The molecule has 1 saturated heterocycles. The fourth-order valence-electron chi connectivity index (χ4n) is 2.31. The number of carbonyl (C=O) groups excluding carboxylic acids is 1. The van der Waals surface area contributed by atoms with Crippen molar-refractivity contribution in [3.63, 3.8) is 0 Å². The lowest BCUT2D eigenvalue weighted by molar-refractivity contribution is -0.130. The summed E-state index contributed by atoms with van der Waals surface area (Å²) in [6.07, 6.45) is 3.67. The number of hydrogen-bond donors (Lipinski definition) is 1. The van der Waals surface area contributed by atoms with E-state index >= 15 is 0 Å². The van der Waals surface area contributed by atoms with E-state index < -0.39 is 0 Å². The van der Waals surface area contributed by atoms with Crippen LogP contribution >= 0.6 is 39.7 Å². The standard InChI is InChI=1S/C13H19BrN2OS.ClH/c14-12-5-4-11(18-12)2-1-3-13(17)16-7-6-10(8-15)9-16;/h4-5,10H,1-3,6-9,15H2;1H. The van der Waals surface area contributed by atoms with E-state index in [1.807, 2.05) is 4.90 Å². The van der Waals surface area contributed by atoms with Gasteiger partial charge in [-0.3, -0.25) is 4.79 Å². The van der Waals surface area contributed by atoms with E-state index in [1.165, 1.54) is 4.88 Å². The van der Waals surface area contributed by atoms with Crippen LogP contribution in [-0.2, 0) is 11.2 Å². The molecule has 0 saturated carbocycles. The minimum Gasteiger partial charge on any atom is -0.342 e. The summed E-state index contributed by atoms with van der Waals surface area (Å²) in [5.41, 5.74) is 5.63. The minimum absolute atomic E-state index is 0. The molecule has 108 valence electrons. The number of halogens is 2. The summed E-state index contributed by atoms with van der Waals surface area (Å²) in [6.45, 7) is 2.46. The van der Waals surface area contributed by atoms with Crippen molar-refractivity contribution in [3.8, 4) is 0 Å². The van der Waals surface area contributed by atoms with Crippen LogP contribution in [0.5, 0.6) is 0 Å². The lowest BCUT2D eigenvalue weighted by atomic mass is 10.1. The predicted molar refractivity (Wildman–Crippen MR) is 85.9 cm³/mol. The highest BCUT2D eigenvalue weighted by Crippen LogP contribution is 2.23. The Morgan fingerprint density at radius 3 is 2.89 bits per heavy atom. The quantitative estimate of drug-likeness (QED) is 0.869. The molecular formula is C13H20BrClN2OS. The molecule has 1 aliphatic heterocycles. The third kappa shape index (κ3) is 5.06. The van der Waals surface area contributed by atoms with Crippen molar-refractivity contribution >= 4 is 45.6 Å². The molecule has 6 heteroatoms. The van der Waals surface area contributed by atoms with Crippen LogP contribution in [0.2, 0.25) is 0 Å². The molecular weight excluding hydrogens is 348 g/mol. The summed E-state index contributed by atoms with van der Waals surface area (Å²) in [5.74, 6) is 0.809. The van der Waals surface area contributed by atoms with Gasteiger partial charge in [0.2, 0.25) is 5.91 Å². The Hall–Kier alpha value is -0.100. The van der Waals surface area contributed by atoms with Gasteiger partial charge in [-0.05, 0) is 59.8 Å². The zero-order valence-corrected chi connectivity index (χ0v) is 14.0. The molecule has 19 heavy (non-hydrogen) atoms. The number of likely N-dealkylation sites (tertiary alicyclic amines) is 1. The maximum Gasteiger partial charge on any atom is 0.222 e. The first-order valence-electron chi connectivity index (χ1n) is 6.41. The summed E-state index contributed by atoms with van der Waals surface area (Å²) >= 11 is 5.20. The van der Waals surface area contributed by atoms with Crippen LogP contribution in [0.25, 0.3) is 0 Å². The highest BCUT2D eigenvalue weighted by Gasteiger charge is 2.24. The number of rotatable bonds is 5. The number of thiophene rings is 1. The molecule has 2 heterocycles. The predicted octanol–water partition coefficient (Wildman–Crippen LogP) is 3.06. The first-order chi connectivity index (χ1) is 8.69. The Morgan fingerprint density at radius 1 is 1.53 bits per heavy atom. The van der Waals surface area contributed by atoms with Crippen LogP contribution in [0.4, 0.5) is 0 Å². The van der Waals surface area contributed by atoms with Gasteiger partial charge >= 0.3 is 0 Å². The minimum atomic E-state index is 0. The number of carbonyl (C=O) groups is 1. The molecule has 0 spiro atoms. The van der Waals surface area contributed by atoms with Crippen molar-refractivity contribution in [2.45, 2.75) is 25.7 Å². The lowest BCUT2D eigenvalue weighted by Gasteiger charge is -2.15. The molecule has 1 aliphatic rings. The van der Waals surface area contributed by atoms with E-state index in [0.717, 1.165) is 36.1 Å². The summed E-state index contributed by atoms with van der Waals surface area (Å²) in [6, 6.07) is 4.19. The maximum atomic E-state index is 12.0. The SMILES string of the molecule is Cl.NCC1CCN(C(=O)CCCc2ccc(Br)s2)C1. The van der Waals surface area contributed by atoms with Crippen LogP contribution in [-0.4, -0.2) is 30.4 Å². The van der Waals surface area contributed by atoms with E-state index in [2.05, 4.69) is 28.1 Å². The second kappa shape index (κ2) is 8.25. The van der Waals surface area contributed by atoms with Crippen LogP contribution in [0.15, 0.2) is 15.9 Å². The van der Waals surface area contributed by atoms with Gasteiger partial charge in [0, 0.05) is 24.4 Å². The van der Waals surface area contributed by atoms with Crippen LogP contribution in [0, 0.1) is 5.92 Å². The molecule has 0 aromatic carbocycles. The Labute approximate surface area is 133 Å². The van der Waals surface area contributed by atoms with Gasteiger partial charge in [-0.2, -0.15) is 0 Å². The molecule has 2 N–H and O–H groups in total. The molecule has 1 unspecified atom stereocenters. The second-order valence-corrected chi connectivity index (χ2v) is 7.34. The topological polar surface area (TPSA) is 46.3 Å². The van der Waals surface area contributed by atoms with E-state index in [9.17, 15) is 4.79 Å². The van der Waals surface area contributed by atoms with Gasteiger partial charge in [0.15, 0.2) is 0 Å². The van der Waals surface area contributed by atoms with Crippen LogP contribution in [0.1, 0.15) is 24.1 Å². The van der Waals surface area contributed by atoms with Crippen molar-refractivity contribution in [1.29, 1.82) is 0 Å². The Kier molecular flexibility index (Phi) is 7.36. The average molecular weight is 368 g/mol. The summed E-state index contributed by atoms with van der Waals surface area (Å²) in [7, 11) is 0. The van der Waals surface area contributed by atoms with E-state index in [1.54, 1.807) is 11.3 Å². The third-order valence-electron chi connectivity index (χ3n) is 3.41. The third-order valence-corrected chi connectivity index (χ3v) is 5.10. The van der Waals surface area contributed by atoms with Gasteiger partial charge in [-0.25, -0.2) is 0 Å². The second-order valence-electron chi connectivity index (χ2n) is 4.79. The fraction of sp³-hybridized carbons (Fsp3) is 0.615. The van der Waals surface area contributed by atoms with Gasteiger partial charge in [-0.15, -0.1) is 23.7 Å². The summed E-state index contributed by atoms with van der Waals surface area (Å²) in [5, 5.41) is 0. The van der Waals surface area contributed by atoms with E-state index in [-0.39, 0.29) is 12.4 Å². The molecule has 0 bridgehead atoms. The molecule has 3 nitrogen and oxygen atoms in total. The molecule has 0 aliphatic carbocycles. The lowest BCUT2D eigenvalue weighted by Crippen LogP contribution is -2.29. The van der Waals surface area contributed by atoms with Crippen LogP contribution in [0.3, 0.4) is 0 Å². The zero-order chi connectivity index (χ0) is 13.0. The van der Waals surface area contributed by atoms with Crippen molar-refractivity contribution in [1.82, 2.24) is 4.90 Å². The zero-order valence-electron chi connectivity index (χ0n) is 10.8. The number of hydrogen-bond acceptors (Lipinski definition) is 3. The van der Waals surface area contributed by atoms with Crippen molar-refractivity contribution in [2.24, 2.45) is 11.7 Å². The highest BCUT2D eigenvalue weighted by atomic mass is 79.9. The Balaban J connectivity index is 0.00000180. The maximum absolute atomic E-state index is 12.0. The van der Waals surface area contributed by atoms with Gasteiger partial charge in [0.1, 0.15) is 0 Å². The van der Waals surface area contributed by atoms with Crippen LogP contribution < -0.4 is 5.73 Å². The highest BCUT2D eigenvalue weighted by molar-refractivity contribution is 9.11. The molecule has 1 fully saturated rings. The molecule has 1 aromatic heterocycles. The fourth-order valence-corrected chi connectivity index (χ4v) is 3.83. The van der Waals surface area contributed by atoms with E-state index in [0.29, 0.717) is 24.8 Å². The number of amides is 1. The largest absolute Gasteiger partial charge is 0.342 e. The smallest absolute Gasteiger partial charge is 0.222 e. The normalized spacial score (nSPS) is 18.4. The van der Waals surface area contributed by atoms with Crippen molar-refractivity contribution < 1.29 is 4.79 Å². The Bertz CT molecular complexity index is 413. The summed E-state index contributed by atoms with van der Waals surface area (Å²) in [4.78, 5) is 15.3. The summed E-state index contributed by atoms with van der Waals surface area (Å²) < 4.78 is 1.16. The van der Waals surface area contributed by atoms with Gasteiger partial charge in [0.05, 0.1) is 3.79 Å². The van der Waals surface area contributed by atoms with Gasteiger partial charge < -0.3 is 10.6 Å². The molecule has 1 atom stereocenters. The first kappa shape index (κ1) is 17.0. The van der Waals surface area contributed by atoms with Crippen molar-refractivity contribution in [3.05, 3.63) is 20.8 Å². The number of aryl methyl sites for hydroxylation is 1. The molecule has 0 radical (unpaired) electrons. The molecule has 1 aromatic rings.